The number of hydrogen-bond acceptors (Lipinski definition) is 3. The van der Waals surface area contributed by atoms with Crippen molar-refractivity contribution >= 4 is 33.4 Å². The van der Waals surface area contributed by atoms with Crippen LogP contribution in [0.2, 0.25) is 0 Å². The van der Waals surface area contributed by atoms with Gasteiger partial charge < -0.3 is 15.0 Å². The average molecular weight is 351 g/mol. The Morgan fingerprint density at radius 3 is 3.10 bits per heavy atom. The summed E-state index contributed by atoms with van der Waals surface area (Å²) in [5, 5.41) is 5.49. The second-order valence-corrected chi connectivity index (χ2v) is 5.96. The van der Waals surface area contributed by atoms with Gasteiger partial charge in [0, 0.05) is 36.3 Å². The molecule has 1 aliphatic rings. The minimum Gasteiger partial charge on any atom is -0.354 e. The van der Waals surface area contributed by atoms with E-state index in [1.54, 1.807) is 0 Å². The second-order valence-electron chi connectivity index (χ2n) is 5.04. The van der Waals surface area contributed by atoms with Gasteiger partial charge in [0.1, 0.15) is 11.7 Å². The first-order valence-electron chi connectivity index (χ1n) is 6.82. The second kappa shape index (κ2) is 5.85. The van der Waals surface area contributed by atoms with Crippen molar-refractivity contribution in [2.45, 2.75) is 25.3 Å². The molecule has 0 spiro atoms. The number of amides is 2. The molecule has 2 aromatic rings. The Hall–Kier alpha value is -1.89. The molecule has 3 heterocycles. The van der Waals surface area contributed by atoms with E-state index in [4.69, 9.17) is 0 Å². The normalized spacial score (nSPS) is 18.0. The molecule has 2 aromatic heterocycles. The van der Waals surface area contributed by atoms with Crippen LogP contribution in [0.1, 0.15) is 18.5 Å². The molecule has 0 saturated carbocycles. The molecule has 1 fully saturated rings. The average Bonchev–Trinajstić information content (AvgIpc) is 3.04. The van der Waals surface area contributed by atoms with Gasteiger partial charge in [-0.25, -0.2) is 4.98 Å². The maximum absolute atomic E-state index is 11.8. The van der Waals surface area contributed by atoms with Crippen molar-refractivity contribution in [3.8, 4) is 0 Å². The van der Waals surface area contributed by atoms with E-state index in [9.17, 15) is 9.59 Å². The van der Waals surface area contributed by atoms with E-state index >= 15 is 0 Å². The fraction of sp³-hybridized carbons (Fsp3) is 0.357. The highest BCUT2D eigenvalue weighted by Gasteiger charge is 2.26. The molecule has 0 bridgehead atoms. The first-order valence-corrected chi connectivity index (χ1v) is 7.61. The number of nitrogens with zero attached hydrogens (tertiary/aromatic N) is 2. The number of halogens is 1. The molecule has 0 aliphatic carbocycles. The van der Waals surface area contributed by atoms with Gasteiger partial charge in [-0.3, -0.25) is 9.59 Å². The summed E-state index contributed by atoms with van der Waals surface area (Å²) in [7, 11) is 0. The largest absolute Gasteiger partial charge is 0.354 e. The van der Waals surface area contributed by atoms with E-state index in [0.717, 1.165) is 15.8 Å². The molecule has 7 heteroatoms. The third kappa shape index (κ3) is 3.24. The van der Waals surface area contributed by atoms with Crippen LogP contribution < -0.4 is 10.6 Å². The molecular formula is C14H15BrN4O2. The topological polar surface area (TPSA) is 75.5 Å². The molecule has 3 rings (SSSR count). The minimum absolute atomic E-state index is 0.0546. The summed E-state index contributed by atoms with van der Waals surface area (Å²) < 4.78 is 2.93. The van der Waals surface area contributed by atoms with E-state index < -0.39 is 0 Å². The van der Waals surface area contributed by atoms with Crippen LogP contribution in [0.25, 0.3) is 5.65 Å². The van der Waals surface area contributed by atoms with Crippen molar-refractivity contribution in [2.24, 2.45) is 0 Å². The third-order valence-corrected chi connectivity index (χ3v) is 3.93. The summed E-state index contributed by atoms with van der Waals surface area (Å²) in [5.74, 6) is -0.173. The van der Waals surface area contributed by atoms with Gasteiger partial charge in [-0.15, -0.1) is 0 Å². The Morgan fingerprint density at radius 2 is 2.33 bits per heavy atom. The highest BCUT2D eigenvalue weighted by Crippen LogP contribution is 2.12. The lowest BCUT2D eigenvalue weighted by atomic mass is 10.2. The lowest BCUT2D eigenvalue weighted by Gasteiger charge is -2.09. The van der Waals surface area contributed by atoms with Crippen molar-refractivity contribution in [2.75, 3.05) is 6.54 Å². The fourth-order valence-corrected chi connectivity index (χ4v) is 2.74. The smallest absolute Gasteiger partial charge is 0.242 e. The summed E-state index contributed by atoms with van der Waals surface area (Å²) >= 11 is 3.42. The summed E-state index contributed by atoms with van der Waals surface area (Å²) in [6, 6.07) is 3.49. The zero-order valence-electron chi connectivity index (χ0n) is 11.3. The number of nitrogens with one attached hydrogen (secondary N) is 2. The lowest BCUT2D eigenvalue weighted by molar-refractivity contribution is -0.125. The van der Waals surface area contributed by atoms with Gasteiger partial charge in [0.25, 0.3) is 0 Å². The quantitative estimate of drug-likeness (QED) is 0.864. The number of rotatable bonds is 4. The van der Waals surface area contributed by atoms with Gasteiger partial charge in [0.05, 0.1) is 5.69 Å². The van der Waals surface area contributed by atoms with E-state index in [-0.39, 0.29) is 17.9 Å². The molecule has 2 amide bonds. The summed E-state index contributed by atoms with van der Waals surface area (Å²) in [5.41, 5.74) is 1.80. The summed E-state index contributed by atoms with van der Waals surface area (Å²) in [6.45, 7) is 0.510. The van der Waals surface area contributed by atoms with E-state index in [2.05, 4.69) is 31.5 Å². The van der Waals surface area contributed by atoms with E-state index in [0.29, 0.717) is 25.8 Å². The molecule has 110 valence electrons. The number of carbonyl (C=O) groups excluding carboxylic acids is 2. The summed E-state index contributed by atoms with van der Waals surface area (Å²) in [6.07, 6.45) is 5.56. The zero-order valence-corrected chi connectivity index (χ0v) is 12.9. The molecule has 21 heavy (non-hydrogen) atoms. The maximum Gasteiger partial charge on any atom is 0.242 e. The van der Waals surface area contributed by atoms with Crippen molar-refractivity contribution in [3.63, 3.8) is 0 Å². The van der Waals surface area contributed by atoms with Gasteiger partial charge in [-0.05, 0) is 34.5 Å². The fourth-order valence-electron chi connectivity index (χ4n) is 2.39. The van der Waals surface area contributed by atoms with Crippen LogP contribution in [0.15, 0.2) is 29.0 Å². The van der Waals surface area contributed by atoms with E-state index in [1.807, 2.05) is 28.9 Å². The van der Waals surface area contributed by atoms with Gasteiger partial charge in [-0.1, -0.05) is 0 Å². The van der Waals surface area contributed by atoms with Crippen LogP contribution in [0.4, 0.5) is 0 Å². The van der Waals surface area contributed by atoms with Gasteiger partial charge in [0.15, 0.2) is 0 Å². The first-order chi connectivity index (χ1) is 10.1. The summed E-state index contributed by atoms with van der Waals surface area (Å²) in [4.78, 5) is 27.4. The Labute approximate surface area is 130 Å². The SMILES string of the molecule is O=C1CCC(C(=O)NCCc2cn3cc(Br)ccc3n2)N1. The predicted octanol–water partition coefficient (Wildman–Crippen LogP) is 1.03. The number of pyridine rings is 1. The van der Waals surface area contributed by atoms with Crippen molar-refractivity contribution in [3.05, 3.63) is 34.7 Å². The molecule has 1 unspecified atom stereocenters. The Bertz CT molecular complexity index is 697. The maximum atomic E-state index is 11.8. The van der Waals surface area contributed by atoms with Gasteiger partial charge >= 0.3 is 0 Å². The van der Waals surface area contributed by atoms with Crippen LogP contribution in [-0.4, -0.2) is 33.8 Å². The Morgan fingerprint density at radius 1 is 1.48 bits per heavy atom. The van der Waals surface area contributed by atoms with Crippen LogP contribution >= 0.6 is 15.9 Å². The highest BCUT2D eigenvalue weighted by molar-refractivity contribution is 9.10. The van der Waals surface area contributed by atoms with Gasteiger partial charge in [0.2, 0.25) is 11.8 Å². The standard InChI is InChI=1S/C14H15BrN4O2/c15-9-1-3-12-17-10(8-19(12)7-9)5-6-16-14(21)11-2-4-13(20)18-11/h1,3,7-8,11H,2,4-6H2,(H,16,21)(H,18,20). The first kappa shape index (κ1) is 14.1. The molecule has 1 aliphatic heterocycles. The minimum atomic E-state index is -0.380. The predicted molar refractivity (Wildman–Crippen MR) is 80.8 cm³/mol. The molecule has 1 saturated heterocycles. The number of imidazole rings is 1. The molecule has 1 atom stereocenters. The Balaban J connectivity index is 1.54. The van der Waals surface area contributed by atoms with E-state index in [1.165, 1.54) is 0 Å². The number of fused-ring (bicyclic) bond motifs is 1. The van der Waals surface area contributed by atoms with Crippen LogP contribution in [0.5, 0.6) is 0 Å². The van der Waals surface area contributed by atoms with Crippen molar-refractivity contribution in [1.82, 2.24) is 20.0 Å². The lowest BCUT2D eigenvalue weighted by Crippen LogP contribution is -2.42. The van der Waals surface area contributed by atoms with Crippen LogP contribution in [-0.2, 0) is 16.0 Å². The molecule has 6 nitrogen and oxygen atoms in total. The van der Waals surface area contributed by atoms with Gasteiger partial charge in [-0.2, -0.15) is 0 Å². The number of hydrogen-bond donors (Lipinski definition) is 2. The number of aromatic nitrogens is 2. The molecule has 0 radical (unpaired) electrons. The Kier molecular flexibility index (Phi) is 3.92. The third-order valence-electron chi connectivity index (χ3n) is 3.46. The van der Waals surface area contributed by atoms with Crippen molar-refractivity contribution < 1.29 is 9.59 Å². The van der Waals surface area contributed by atoms with Crippen molar-refractivity contribution in [1.29, 1.82) is 0 Å². The van der Waals surface area contributed by atoms with Crippen LogP contribution in [0, 0.1) is 0 Å². The zero-order chi connectivity index (χ0) is 14.8. The molecular weight excluding hydrogens is 336 g/mol. The monoisotopic (exact) mass is 350 g/mol. The number of carbonyl (C=O) groups is 2. The highest BCUT2D eigenvalue weighted by atomic mass is 79.9. The molecule has 2 N–H and O–H groups in total. The molecule has 0 aromatic carbocycles. The van der Waals surface area contributed by atoms with Crippen LogP contribution in [0.3, 0.4) is 0 Å².